The van der Waals surface area contributed by atoms with Gasteiger partial charge in [0.05, 0.1) is 5.70 Å². The Kier molecular flexibility index (Phi) is 7.06. The molecule has 0 spiro atoms. The molecule has 1 aromatic rings. The summed E-state index contributed by atoms with van der Waals surface area (Å²) in [6, 6.07) is 9.90. The number of ether oxygens (including phenoxy) is 1. The molecular weight excluding hydrogens is 460 g/mol. The van der Waals surface area contributed by atoms with Crippen LogP contribution in [0, 0.1) is 40.4 Å². The lowest BCUT2D eigenvalue weighted by Crippen LogP contribution is -2.57. The van der Waals surface area contributed by atoms with Crippen LogP contribution in [0.3, 0.4) is 0 Å². The maximum atomic E-state index is 13.0. The minimum Gasteiger partial charge on any atom is -0.456 e. The topological polar surface area (TPSA) is 58.6 Å². The molecule has 0 radical (unpaired) electrons. The standard InChI is InChI=1S/C32H46N2O3/c1-20(34(5)6)24-14-15-25-23-12-13-27-29(37-21(2)35)28(33-30(36)22-10-8-7-9-11-22)17-19-32(27,4)26(23)16-18-31(24,25)3/h7-11,17,20,23-27,29H,12-16,18-19H2,1-6H3,(H,33,36). The normalized spacial score (nSPS) is 39.6. The van der Waals surface area contributed by atoms with Crippen molar-refractivity contribution in [1.29, 1.82) is 0 Å². The first kappa shape index (κ1) is 26.5. The van der Waals surface area contributed by atoms with E-state index in [1.54, 1.807) is 0 Å². The lowest BCUT2D eigenvalue weighted by atomic mass is 9.44. The molecule has 0 bridgehead atoms. The molecule has 4 aliphatic carbocycles. The van der Waals surface area contributed by atoms with Gasteiger partial charge in [-0.15, -0.1) is 0 Å². The average Bonchev–Trinajstić information content (AvgIpc) is 3.22. The minimum atomic E-state index is -0.386. The summed E-state index contributed by atoms with van der Waals surface area (Å²) in [6.45, 7) is 8.96. The lowest BCUT2D eigenvalue weighted by Gasteiger charge is -2.61. The highest BCUT2D eigenvalue weighted by Crippen LogP contribution is 2.67. The number of benzene rings is 1. The Morgan fingerprint density at radius 1 is 0.973 bits per heavy atom. The van der Waals surface area contributed by atoms with E-state index < -0.39 is 0 Å². The molecule has 5 heteroatoms. The number of hydrogen-bond acceptors (Lipinski definition) is 4. The highest BCUT2D eigenvalue weighted by Gasteiger charge is 2.62. The van der Waals surface area contributed by atoms with E-state index in [4.69, 9.17) is 4.74 Å². The molecule has 0 aromatic heterocycles. The van der Waals surface area contributed by atoms with Crippen molar-refractivity contribution in [2.45, 2.75) is 84.8 Å². The van der Waals surface area contributed by atoms with E-state index in [1.165, 1.54) is 39.0 Å². The van der Waals surface area contributed by atoms with Crippen LogP contribution in [-0.2, 0) is 9.53 Å². The van der Waals surface area contributed by atoms with Crippen LogP contribution in [0.5, 0.6) is 0 Å². The summed E-state index contributed by atoms with van der Waals surface area (Å²) in [5.41, 5.74) is 1.89. The van der Waals surface area contributed by atoms with E-state index in [-0.39, 0.29) is 29.3 Å². The summed E-state index contributed by atoms with van der Waals surface area (Å²) < 4.78 is 6.01. The van der Waals surface area contributed by atoms with Crippen LogP contribution >= 0.6 is 0 Å². The lowest BCUT2D eigenvalue weighted by molar-refractivity contribution is -0.162. The van der Waals surface area contributed by atoms with Crippen LogP contribution in [0.15, 0.2) is 42.1 Å². The second kappa shape index (κ2) is 9.87. The van der Waals surface area contributed by atoms with Crippen molar-refractivity contribution in [2.75, 3.05) is 14.1 Å². The van der Waals surface area contributed by atoms with E-state index in [2.05, 4.69) is 51.2 Å². The first-order valence-electron chi connectivity index (χ1n) is 14.5. The van der Waals surface area contributed by atoms with Gasteiger partial charge < -0.3 is 15.0 Å². The molecule has 1 aromatic carbocycles. The number of esters is 1. The van der Waals surface area contributed by atoms with Crippen LogP contribution in [0.25, 0.3) is 0 Å². The fraction of sp³-hybridized carbons (Fsp3) is 0.688. The summed E-state index contributed by atoms with van der Waals surface area (Å²) in [4.78, 5) is 27.7. The third-order valence-corrected chi connectivity index (χ3v) is 11.4. The van der Waals surface area contributed by atoms with Crippen molar-refractivity contribution in [2.24, 2.45) is 40.4 Å². The fourth-order valence-electron chi connectivity index (χ4n) is 9.38. The van der Waals surface area contributed by atoms with Crippen molar-refractivity contribution < 1.29 is 14.3 Å². The van der Waals surface area contributed by atoms with Crippen LogP contribution in [0.2, 0.25) is 0 Å². The first-order chi connectivity index (χ1) is 17.6. The smallest absolute Gasteiger partial charge is 0.303 e. The predicted octanol–water partition coefficient (Wildman–Crippen LogP) is 6.06. The first-order valence-corrected chi connectivity index (χ1v) is 14.5. The summed E-state index contributed by atoms with van der Waals surface area (Å²) in [5, 5.41) is 3.13. The molecular formula is C32H46N2O3. The average molecular weight is 507 g/mol. The van der Waals surface area contributed by atoms with Gasteiger partial charge in [0.15, 0.2) is 0 Å². The van der Waals surface area contributed by atoms with Gasteiger partial charge in [-0.2, -0.15) is 0 Å². The van der Waals surface area contributed by atoms with E-state index in [0.717, 1.165) is 36.3 Å². The number of nitrogens with zero attached hydrogens (tertiary/aromatic N) is 1. The summed E-state index contributed by atoms with van der Waals surface area (Å²) in [6.07, 6.45) is 10.2. The van der Waals surface area contributed by atoms with Crippen LogP contribution in [0.4, 0.5) is 0 Å². The van der Waals surface area contributed by atoms with Crippen molar-refractivity contribution >= 4 is 11.9 Å². The summed E-state index contributed by atoms with van der Waals surface area (Å²) in [7, 11) is 4.47. The highest BCUT2D eigenvalue weighted by atomic mass is 16.5. The number of allylic oxidation sites excluding steroid dienone is 1. The largest absolute Gasteiger partial charge is 0.456 e. The Bertz CT molecular complexity index is 1050. The predicted molar refractivity (Wildman–Crippen MR) is 147 cm³/mol. The van der Waals surface area contributed by atoms with Gasteiger partial charge in [-0.3, -0.25) is 9.59 Å². The molecule has 0 saturated heterocycles. The van der Waals surface area contributed by atoms with Gasteiger partial charge in [-0.1, -0.05) is 38.1 Å². The van der Waals surface area contributed by atoms with Crippen molar-refractivity contribution in [1.82, 2.24) is 10.2 Å². The zero-order chi connectivity index (χ0) is 26.5. The Hall–Kier alpha value is -2.14. The van der Waals surface area contributed by atoms with Gasteiger partial charge >= 0.3 is 5.97 Å². The molecule has 1 N–H and O–H groups in total. The Balaban J connectivity index is 1.41. The Morgan fingerprint density at radius 2 is 1.65 bits per heavy atom. The van der Waals surface area contributed by atoms with Gasteiger partial charge in [0.25, 0.3) is 5.91 Å². The van der Waals surface area contributed by atoms with Gasteiger partial charge in [-0.05, 0) is 113 Å². The van der Waals surface area contributed by atoms with Crippen LogP contribution < -0.4 is 5.32 Å². The monoisotopic (exact) mass is 506 g/mol. The zero-order valence-corrected chi connectivity index (χ0v) is 23.6. The SMILES string of the molecule is CC(=O)OC1C(NC(=O)c2ccccc2)=CCC2(C)C1CCC1C2CCC2(C)C1CCC2C(C)N(C)C. The van der Waals surface area contributed by atoms with E-state index in [9.17, 15) is 9.59 Å². The van der Waals surface area contributed by atoms with Gasteiger partial charge in [0.2, 0.25) is 0 Å². The number of nitrogens with one attached hydrogen (secondary N) is 1. The molecule has 9 unspecified atom stereocenters. The maximum absolute atomic E-state index is 13.0. The second-order valence-electron chi connectivity index (χ2n) is 13.2. The van der Waals surface area contributed by atoms with Crippen molar-refractivity contribution in [3.8, 4) is 0 Å². The highest BCUT2D eigenvalue weighted by molar-refractivity contribution is 5.95. The molecule has 4 aliphatic rings. The second-order valence-corrected chi connectivity index (χ2v) is 13.2. The number of carbonyl (C=O) groups is 2. The van der Waals surface area contributed by atoms with Crippen LogP contribution in [0.1, 0.15) is 83.0 Å². The number of carbonyl (C=O) groups excluding carboxylic acids is 2. The zero-order valence-electron chi connectivity index (χ0n) is 23.6. The summed E-state index contributed by atoms with van der Waals surface area (Å²) in [5.74, 6) is 2.75. The third kappa shape index (κ3) is 4.45. The molecule has 3 fully saturated rings. The van der Waals surface area contributed by atoms with E-state index in [1.807, 2.05) is 30.3 Å². The molecule has 3 saturated carbocycles. The van der Waals surface area contributed by atoms with Gasteiger partial charge in [-0.25, -0.2) is 0 Å². The van der Waals surface area contributed by atoms with Crippen molar-refractivity contribution in [3.05, 3.63) is 47.7 Å². The van der Waals surface area contributed by atoms with Gasteiger partial charge in [0, 0.05) is 24.4 Å². The van der Waals surface area contributed by atoms with Crippen molar-refractivity contribution in [3.63, 3.8) is 0 Å². The van der Waals surface area contributed by atoms with Crippen LogP contribution in [-0.4, -0.2) is 43.0 Å². The molecule has 5 rings (SSSR count). The molecule has 202 valence electrons. The minimum absolute atomic E-state index is 0.0799. The molecule has 1 amide bonds. The van der Waals surface area contributed by atoms with E-state index >= 15 is 0 Å². The molecule has 0 heterocycles. The van der Waals surface area contributed by atoms with E-state index in [0.29, 0.717) is 22.9 Å². The summed E-state index contributed by atoms with van der Waals surface area (Å²) >= 11 is 0. The Labute approximate surface area is 223 Å². The molecule has 5 nitrogen and oxygen atoms in total. The molecule has 37 heavy (non-hydrogen) atoms. The number of hydrogen-bond donors (Lipinski definition) is 1. The molecule has 9 atom stereocenters. The molecule has 0 aliphatic heterocycles. The number of rotatable bonds is 5. The van der Waals surface area contributed by atoms with Gasteiger partial charge in [0.1, 0.15) is 6.10 Å². The number of fused-ring (bicyclic) bond motifs is 5. The third-order valence-electron chi connectivity index (χ3n) is 11.4. The Morgan fingerprint density at radius 3 is 2.32 bits per heavy atom. The fourth-order valence-corrected chi connectivity index (χ4v) is 9.38. The number of amides is 1. The maximum Gasteiger partial charge on any atom is 0.303 e. The quantitative estimate of drug-likeness (QED) is 0.493.